The summed E-state index contributed by atoms with van der Waals surface area (Å²) < 4.78 is 1.65. The maximum Gasteiger partial charge on any atom is 0.244 e. The van der Waals surface area contributed by atoms with Crippen LogP contribution in [0.5, 0.6) is 0 Å². The van der Waals surface area contributed by atoms with E-state index in [2.05, 4.69) is 10.1 Å². The van der Waals surface area contributed by atoms with Crippen molar-refractivity contribution in [2.24, 2.45) is 0 Å². The van der Waals surface area contributed by atoms with Gasteiger partial charge in [-0.1, -0.05) is 0 Å². The third-order valence-corrected chi connectivity index (χ3v) is 4.11. The second-order valence-corrected chi connectivity index (χ2v) is 6.16. The van der Waals surface area contributed by atoms with Gasteiger partial charge in [-0.15, -0.1) is 11.3 Å². The zero-order valence-corrected chi connectivity index (χ0v) is 13.0. The van der Waals surface area contributed by atoms with Crippen LogP contribution in [0.25, 0.3) is 0 Å². The quantitative estimate of drug-likeness (QED) is 0.927. The highest BCUT2D eigenvalue weighted by Crippen LogP contribution is 2.16. The Labute approximate surface area is 122 Å². The number of carbonyl (C=O) groups is 1. The van der Waals surface area contributed by atoms with E-state index in [0.717, 1.165) is 21.3 Å². The monoisotopic (exact) mass is 293 g/mol. The van der Waals surface area contributed by atoms with Gasteiger partial charge in [0.1, 0.15) is 6.54 Å². The van der Waals surface area contributed by atoms with Crippen molar-refractivity contribution in [1.82, 2.24) is 19.7 Å². The van der Waals surface area contributed by atoms with Gasteiger partial charge in [0, 0.05) is 18.1 Å². The first-order valence-electron chi connectivity index (χ1n) is 6.33. The number of rotatable bonds is 4. The molecule has 0 aromatic carbocycles. The summed E-state index contributed by atoms with van der Waals surface area (Å²) in [5.41, 5.74) is 8.11. The Morgan fingerprint density at radius 1 is 1.45 bits per heavy atom. The first kappa shape index (κ1) is 14.5. The number of aryl methyl sites for hydroxylation is 2. The van der Waals surface area contributed by atoms with Crippen LogP contribution in [-0.4, -0.2) is 32.6 Å². The molecule has 20 heavy (non-hydrogen) atoms. The molecule has 0 radical (unpaired) electrons. The molecular weight excluding hydrogens is 274 g/mol. The van der Waals surface area contributed by atoms with Crippen LogP contribution in [0.4, 0.5) is 5.69 Å². The largest absolute Gasteiger partial charge is 0.396 e. The maximum absolute atomic E-state index is 12.2. The standard InChI is InChI=1S/C13H19N5OS/c1-8-13(14)9(2)18(16-8)7-12(19)17(4)6-11-5-15-10(3)20-11/h5H,6-7,14H2,1-4H3. The molecule has 0 aliphatic heterocycles. The highest BCUT2D eigenvalue weighted by molar-refractivity contribution is 7.11. The molecule has 7 heteroatoms. The Morgan fingerprint density at radius 2 is 2.15 bits per heavy atom. The van der Waals surface area contributed by atoms with Gasteiger partial charge in [-0.2, -0.15) is 5.10 Å². The first-order valence-corrected chi connectivity index (χ1v) is 7.15. The molecule has 0 spiro atoms. The van der Waals surface area contributed by atoms with Crippen molar-refractivity contribution in [2.45, 2.75) is 33.9 Å². The van der Waals surface area contributed by atoms with Gasteiger partial charge < -0.3 is 10.6 Å². The van der Waals surface area contributed by atoms with Gasteiger partial charge in [-0.05, 0) is 20.8 Å². The molecule has 0 aliphatic rings. The molecule has 0 saturated heterocycles. The first-order chi connectivity index (χ1) is 9.38. The summed E-state index contributed by atoms with van der Waals surface area (Å²) in [6, 6.07) is 0. The summed E-state index contributed by atoms with van der Waals surface area (Å²) in [6.07, 6.45) is 1.81. The molecule has 0 fully saturated rings. The predicted molar refractivity (Wildman–Crippen MR) is 79.4 cm³/mol. The molecule has 0 unspecified atom stereocenters. The summed E-state index contributed by atoms with van der Waals surface area (Å²) in [5, 5.41) is 5.28. The zero-order valence-electron chi connectivity index (χ0n) is 12.2. The lowest BCUT2D eigenvalue weighted by atomic mass is 10.3. The van der Waals surface area contributed by atoms with Crippen molar-refractivity contribution in [3.63, 3.8) is 0 Å². The fourth-order valence-electron chi connectivity index (χ4n) is 1.91. The van der Waals surface area contributed by atoms with Gasteiger partial charge in [0.2, 0.25) is 5.91 Å². The number of hydrogen-bond acceptors (Lipinski definition) is 5. The van der Waals surface area contributed by atoms with Gasteiger partial charge in [0.15, 0.2) is 0 Å². The summed E-state index contributed by atoms with van der Waals surface area (Å²) in [6.45, 7) is 6.44. The number of carbonyl (C=O) groups excluding carboxylic acids is 1. The molecule has 0 aliphatic carbocycles. The average Bonchev–Trinajstić information content (AvgIpc) is 2.89. The molecule has 0 saturated carbocycles. The van der Waals surface area contributed by atoms with Crippen LogP contribution in [0, 0.1) is 20.8 Å². The van der Waals surface area contributed by atoms with Gasteiger partial charge in [0.05, 0.1) is 28.6 Å². The topological polar surface area (TPSA) is 77.0 Å². The molecule has 2 heterocycles. The second kappa shape index (κ2) is 5.62. The molecular formula is C13H19N5OS. The number of likely N-dealkylation sites (N-methyl/N-ethyl adjacent to an activating group) is 1. The fraction of sp³-hybridized carbons (Fsp3) is 0.462. The second-order valence-electron chi connectivity index (χ2n) is 4.84. The van der Waals surface area contributed by atoms with E-state index in [9.17, 15) is 4.79 Å². The van der Waals surface area contributed by atoms with E-state index in [4.69, 9.17) is 5.73 Å². The van der Waals surface area contributed by atoms with E-state index in [-0.39, 0.29) is 12.5 Å². The van der Waals surface area contributed by atoms with E-state index in [1.165, 1.54) is 0 Å². The predicted octanol–water partition coefficient (Wildman–Crippen LogP) is 1.51. The Bertz CT molecular complexity index is 631. The van der Waals surface area contributed by atoms with Gasteiger partial charge >= 0.3 is 0 Å². The van der Waals surface area contributed by atoms with E-state index in [1.54, 1.807) is 28.0 Å². The zero-order chi connectivity index (χ0) is 14.9. The molecule has 108 valence electrons. The van der Waals surface area contributed by atoms with Crippen LogP contribution in [-0.2, 0) is 17.9 Å². The number of amides is 1. The summed E-state index contributed by atoms with van der Waals surface area (Å²) >= 11 is 1.60. The molecule has 2 aromatic heterocycles. The lowest BCUT2D eigenvalue weighted by Gasteiger charge is -2.16. The molecule has 0 bridgehead atoms. The summed E-state index contributed by atoms with van der Waals surface area (Å²) in [5.74, 6) is 0.00153. The van der Waals surface area contributed by atoms with Crippen LogP contribution in [0.2, 0.25) is 0 Å². The van der Waals surface area contributed by atoms with E-state index < -0.39 is 0 Å². The summed E-state index contributed by atoms with van der Waals surface area (Å²) in [7, 11) is 1.78. The van der Waals surface area contributed by atoms with Crippen LogP contribution < -0.4 is 5.73 Å². The van der Waals surface area contributed by atoms with Crippen molar-refractivity contribution in [2.75, 3.05) is 12.8 Å². The van der Waals surface area contributed by atoms with Crippen molar-refractivity contribution in [1.29, 1.82) is 0 Å². The molecule has 6 nitrogen and oxygen atoms in total. The minimum atomic E-state index is 0.00153. The van der Waals surface area contributed by atoms with Crippen molar-refractivity contribution in [3.05, 3.63) is 27.5 Å². The fourth-order valence-corrected chi connectivity index (χ4v) is 2.76. The minimum Gasteiger partial charge on any atom is -0.396 e. The number of nitrogens with zero attached hydrogens (tertiary/aromatic N) is 4. The lowest BCUT2D eigenvalue weighted by Crippen LogP contribution is -2.30. The molecule has 1 amide bonds. The SMILES string of the molecule is Cc1ncc(CN(C)C(=O)Cn2nc(C)c(N)c2C)s1. The van der Waals surface area contributed by atoms with Gasteiger partial charge in [0.25, 0.3) is 0 Å². The third-order valence-electron chi connectivity index (χ3n) is 3.21. The number of anilines is 1. The molecule has 0 atom stereocenters. The highest BCUT2D eigenvalue weighted by Gasteiger charge is 2.15. The Hall–Kier alpha value is -1.89. The van der Waals surface area contributed by atoms with Crippen LogP contribution >= 0.6 is 11.3 Å². The van der Waals surface area contributed by atoms with E-state index in [0.29, 0.717) is 12.2 Å². The highest BCUT2D eigenvalue weighted by atomic mass is 32.1. The maximum atomic E-state index is 12.2. The van der Waals surface area contributed by atoms with Gasteiger partial charge in [-0.25, -0.2) is 4.98 Å². The number of nitrogens with two attached hydrogens (primary N) is 1. The van der Waals surface area contributed by atoms with Gasteiger partial charge in [-0.3, -0.25) is 9.48 Å². The Kier molecular flexibility index (Phi) is 4.08. The van der Waals surface area contributed by atoms with E-state index in [1.807, 2.05) is 27.0 Å². The van der Waals surface area contributed by atoms with Crippen molar-refractivity contribution in [3.8, 4) is 0 Å². The summed E-state index contributed by atoms with van der Waals surface area (Å²) in [4.78, 5) is 19.1. The molecule has 2 N–H and O–H groups in total. The van der Waals surface area contributed by atoms with Crippen molar-refractivity contribution < 1.29 is 4.79 Å². The molecule has 2 rings (SSSR count). The number of hydrogen-bond donors (Lipinski definition) is 1. The number of thiazole rings is 1. The van der Waals surface area contributed by atoms with Crippen LogP contribution in [0.3, 0.4) is 0 Å². The number of nitrogen functional groups attached to an aromatic ring is 1. The van der Waals surface area contributed by atoms with Crippen LogP contribution in [0.1, 0.15) is 21.3 Å². The van der Waals surface area contributed by atoms with Crippen molar-refractivity contribution >= 4 is 22.9 Å². The molecule has 2 aromatic rings. The lowest BCUT2D eigenvalue weighted by molar-refractivity contribution is -0.131. The third kappa shape index (κ3) is 2.98. The normalized spacial score (nSPS) is 10.8. The Balaban J connectivity index is 2.02. The smallest absolute Gasteiger partial charge is 0.244 e. The minimum absolute atomic E-state index is 0.00153. The Morgan fingerprint density at radius 3 is 2.65 bits per heavy atom. The number of aromatic nitrogens is 3. The van der Waals surface area contributed by atoms with E-state index >= 15 is 0 Å². The van der Waals surface area contributed by atoms with Crippen LogP contribution in [0.15, 0.2) is 6.20 Å². The average molecular weight is 293 g/mol.